The molecule has 3 aliphatic rings. The molecule has 4 atom stereocenters. The summed E-state index contributed by atoms with van der Waals surface area (Å²) in [6.07, 6.45) is 9.99. The molecular weight excluding hydrogens is 144 g/mol. The lowest BCUT2D eigenvalue weighted by Gasteiger charge is -2.45. The fourth-order valence-corrected chi connectivity index (χ4v) is 3.98. The highest BCUT2D eigenvalue weighted by Gasteiger charge is 2.53. The topological polar surface area (TPSA) is 0 Å². The Bertz CT molecular complexity index is 218. The normalized spacial score (nSPS) is 52.6. The summed E-state index contributed by atoms with van der Waals surface area (Å²) in [4.78, 5) is 0. The van der Waals surface area contributed by atoms with Crippen LogP contribution in [0.1, 0.15) is 39.0 Å². The van der Waals surface area contributed by atoms with Crippen LogP contribution in [0.25, 0.3) is 0 Å². The van der Waals surface area contributed by atoms with Crippen molar-refractivity contribution in [1.29, 1.82) is 0 Å². The van der Waals surface area contributed by atoms with E-state index in [9.17, 15) is 0 Å². The van der Waals surface area contributed by atoms with Crippen LogP contribution in [-0.4, -0.2) is 0 Å². The van der Waals surface area contributed by atoms with Crippen LogP contribution in [0.5, 0.6) is 0 Å². The lowest BCUT2D eigenvalue weighted by molar-refractivity contribution is 0.172. The molecule has 3 aliphatic carbocycles. The van der Waals surface area contributed by atoms with E-state index in [-0.39, 0.29) is 0 Å². The van der Waals surface area contributed by atoms with E-state index in [1.54, 1.807) is 19.3 Å². The van der Waals surface area contributed by atoms with Crippen LogP contribution in [0.15, 0.2) is 11.6 Å². The second-order valence-electron chi connectivity index (χ2n) is 4.90. The van der Waals surface area contributed by atoms with Gasteiger partial charge in [-0.05, 0) is 55.8 Å². The molecule has 0 saturated heterocycles. The first-order valence-electron chi connectivity index (χ1n) is 5.60. The predicted molar refractivity (Wildman–Crippen MR) is 50.8 cm³/mol. The van der Waals surface area contributed by atoms with E-state index in [1.807, 2.05) is 5.57 Å². The van der Waals surface area contributed by atoms with Crippen molar-refractivity contribution in [3.8, 4) is 0 Å². The fraction of sp³-hybridized carbons (Fsp3) is 0.833. The maximum absolute atomic E-state index is 2.53. The zero-order chi connectivity index (χ0) is 8.13. The Labute approximate surface area is 75.0 Å². The maximum atomic E-state index is 2.53. The Balaban J connectivity index is 1.89. The SMILES string of the molecule is CCC=C1[C@H]2CC[C@@H]3C[C@H]2[C@H]1C3. The number of fused-ring (bicyclic) bond motifs is 1. The third kappa shape index (κ3) is 0.739. The van der Waals surface area contributed by atoms with Gasteiger partial charge in [-0.2, -0.15) is 0 Å². The van der Waals surface area contributed by atoms with Crippen molar-refractivity contribution in [2.75, 3.05) is 0 Å². The maximum Gasteiger partial charge on any atom is -0.0164 e. The van der Waals surface area contributed by atoms with Gasteiger partial charge in [0.2, 0.25) is 0 Å². The molecule has 3 fully saturated rings. The molecule has 0 spiro atoms. The molecule has 3 rings (SSSR count). The van der Waals surface area contributed by atoms with Gasteiger partial charge in [0.05, 0.1) is 0 Å². The highest BCUT2D eigenvalue weighted by Crippen LogP contribution is 2.63. The van der Waals surface area contributed by atoms with E-state index in [4.69, 9.17) is 0 Å². The summed E-state index contributed by atoms with van der Waals surface area (Å²) in [7, 11) is 0. The van der Waals surface area contributed by atoms with Gasteiger partial charge in [0, 0.05) is 0 Å². The smallest absolute Gasteiger partial charge is 0.0164 e. The molecule has 0 heteroatoms. The summed E-state index contributed by atoms with van der Waals surface area (Å²) in [6, 6.07) is 0. The zero-order valence-electron chi connectivity index (χ0n) is 7.92. The van der Waals surface area contributed by atoms with Crippen molar-refractivity contribution >= 4 is 0 Å². The second kappa shape index (κ2) is 2.37. The van der Waals surface area contributed by atoms with Gasteiger partial charge >= 0.3 is 0 Å². The Hall–Kier alpha value is -0.260. The molecule has 0 aromatic rings. The number of allylic oxidation sites excluding steroid dienone is 2. The lowest BCUT2D eigenvalue weighted by Crippen LogP contribution is -2.36. The fourth-order valence-electron chi connectivity index (χ4n) is 3.98. The van der Waals surface area contributed by atoms with Crippen molar-refractivity contribution in [3.63, 3.8) is 0 Å². The highest BCUT2D eigenvalue weighted by atomic mass is 14.6. The van der Waals surface area contributed by atoms with E-state index in [2.05, 4.69) is 13.0 Å². The van der Waals surface area contributed by atoms with Crippen LogP contribution in [0, 0.1) is 23.7 Å². The van der Waals surface area contributed by atoms with Crippen LogP contribution < -0.4 is 0 Å². The molecular formula is C12H18. The molecule has 3 saturated carbocycles. The first kappa shape index (κ1) is 7.17. The van der Waals surface area contributed by atoms with Gasteiger partial charge < -0.3 is 0 Å². The minimum atomic E-state index is 1.05. The Morgan fingerprint density at radius 3 is 3.00 bits per heavy atom. The largest absolute Gasteiger partial charge is 0.0850 e. The molecule has 2 bridgehead atoms. The molecule has 0 aliphatic heterocycles. The third-order valence-corrected chi connectivity index (χ3v) is 4.41. The molecule has 0 aromatic carbocycles. The van der Waals surface area contributed by atoms with Gasteiger partial charge in [0.15, 0.2) is 0 Å². The van der Waals surface area contributed by atoms with E-state index in [1.165, 1.54) is 12.8 Å². The van der Waals surface area contributed by atoms with Crippen LogP contribution in [0.3, 0.4) is 0 Å². The second-order valence-corrected chi connectivity index (χ2v) is 4.90. The van der Waals surface area contributed by atoms with E-state index < -0.39 is 0 Å². The highest BCUT2D eigenvalue weighted by molar-refractivity contribution is 5.28. The van der Waals surface area contributed by atoms with Crippen LogP contribution in [-0.2, 0) is 0 Å². The van der Waals surface area contributed by atoms with Gasteiger partial charge in [-0.1, -0.05) is 18.6 Å². The summed E-state index contributed by atoms with van der Waals surface area (Å²) in [5, 5.41) is 0. The molecule has 0 radical (unpaired) electrons. The van der Waals surface area contributed by atoms with Crippen molar-refractivity contribution in [2.24, 2.45) is 23.7 Å². The van der Waals surface area contributed by atoms with E-state index in [0.29, 0.717) is 0 Å². The van der Waals surface area contributed by atoms with Crippen LogP contribution in [0.2, 0.25) is 0 Å². The van der Waals surface area contributed by atoms with Crippen molar-refractivity contribution in [2.45, 2.75) is 39.0 Å². The zero-order valence-corrected chi connectivity index (χ0v) is 7.92. The average molecular weight is 162 g/mol. The molecule has 0 amide bonds. The molecule has 0 N–H and O–H groups in total. The Kier molecular flexibility index (Phi) is 1.42. The van der Waals surface area contributed by atoms with Gasteiger partial charge in [-0.3, -0.25) is 0 Å². The Morgan fingerprint density at radius 2 is 2.17 bits per heavy atom. The van der Waals surface area contributed by atoms with Crippen LogP contribution >= 0.6 is 0 Å². The van der Waals surface area contributed by atoms with Crippen molar-refractivity contribution in [1.82, 2.24) is 0 Å². The van der Waals surface area contributed by atoms with Crippen molar-refractivity contribution < 1.29 is 0 Å². The first-order chi connectivity index (χ1) is 5.90. The summed E-state index contributed by atoms with van der Waals surface area (Å²) in [5.74, 6) is 4.37. The lowest BCUT2D eigenvalue weighted by atomic mass is 9.60. The van der Waals surface area contributed by atoms with Gasteiger partial charge in [0.1, 0.15) is 0 Å². The van der Waals surface area contributed by atoms with E-state index in [0.717, 1.165) is 23.7 Å². The van der Waals surface area contributed by atoms with Crippen LogP contribution in [0.4, 0.5) is 0 Å². The molecule has 0 aromatic heterocycles. The quantitative estimate of drug-likeness (QED) is 0.518. The number of hydrogen-bond acceptors (Lipinski definition) is 0. The molecule has 66 valence electrons. The minimum Gasteiger partial charge on any atom is -0.0850 e. The predicted octanol–water partition coefficient (Wildman–Crippen LogP) is 3.39. The van der Waals surface area contributed by atoms with Gasteiger partial charge in [-0.15, -0.1) is 0 Å². The standard InChI is InChI=1S/C12H18/c1-2-3-9-10-5-4-8-6-11(9)12(10)7-8/h3,8,10-12H,2,4-7H2,1H3/t8-,10+,11-,12+/m0/s1. The molecule has 0 unspecified atom stereocenters. The summed E-state index contributed by atoms with van der Waals surface area (Å²) < 4.78 is 0. The summed E-state index contributed by atoms with van der Waals surface area (Å²) in [5.41, 5.74) is 1.86. The third-order valence-electron chi connectivity index (χ3n) is 4.41. The number of rotatable bonds is 1. The monoisotopic (exact) mass is 162 g/mol. The molecule has 12 heavy (non-hydrogen) atoms. The summed E-state index contributed by atoms with van der Waals surface area (Å²) in [6.45, 7) is 2.28. The first-order valence-corrected chi connectivity index (χ1v) is 5.60. The molecule has 0 nitrogen and oxygen atoms in total. The van der Waals surface area contributed by atoms with Crippen molar-refractivity contribution in [3.05, 3.63) is 11.6 Å². The molecule has 0 heterocycles. The minimum absolute atomic E-state index is 1.05. The average Bonchev–Trinajstić information content (AvgIpc) is 2.27. The number of hydrogen-bond donors (Lipinski definition) is 0. The van der Waals surface area contributed by atoms with Gasteiger partial charge in [-0.25, -0.2) is 0 Å². The summed E-state index contributed by atoms with van der Waals surface area (Å²) >= 11 is 0. The Morgan fingerprint density at radius 1 is 1.25 bits per heavy atom. The van der Waals surface area contributed by atoms with E-state index >= 15 is 0 Å². The van der Waals surface area contributed by atoms with Gasteiger partial charge in [0.25, 0.3) is 0 Å².